The van der Waals surface area contributed by atoms with E-state index in [0.29, 0.717) is 0 Å². The number of nitrogens with one attached hydrogen (secondary N) is 2. The summed E-state index contributed by atoms with van der Waals surface area (Å²) in [6.45, 7) is 15.7. The first-order valence-corrected chi connectivity index (χ1v) is 7.29. The second-order valence-electron chi connectivity index (χ2n) is 7.22. The predicted octanol–water partition coefficient (Wildman–Crippen LogP) is 1.93. The molecule has 0 spiro atoms. The Hall–Kier alpha value is -0.870. The number of rotatable bonds is 3. The molecule has 19 heavy (non-hydrogen) atoms. The summed E-state index contributed by atoms with van der Waals surface area (Å²) in [6.07, 6.45) is 2.96. The van der Waals surface area contributed by atoms with E-state index in [9.17, 15) is 0 Å². The SMILES string of the molecule is CC(C)(C)c1cnc(CC(C)(C)N2CCNCC2)[nH]1. The maximum Gasteiger partial charge on any atom is 0.108 e. The summed E-state index contributed by atoms with van der Waals surface area (Å²) in [4.78, 5) is 10.6. The van der Waals surface area contributed by atoms with Crippen LogP contribution in [0, 0.1) is 0 Å². The summed E-state index contributed by atoms with van der Waals surface area (Å²) in [7, 11) is 0. The molecule has 0 bridgehead atoms. The molecule has 1 aliphatic rings. The minimum atomic E-state index is 0.143. The zero-order chi connectivity index (χ0) is 14.1. The van der Waals surface area contributed by atoms with E-state index in [0.717, 1.165) is 38.4 Å². The van der Waals surface area contributed by atoms with E-state index >= 15 is 0 Å². The highest BCUT2D eigenvalue weighted by molar-refractivity contribution is 5.12. The van der Waals surface area contributed by atoms with Crippen molar-refractivity contribution in [3.8, 4) is 0 Å². The molecule has 1 fully saturated rings. The van der Waals surface area contributed by atoms with Crippen LogP contribution in [0.3, 0.4) is 0 Å². The highest BCUT2D eigenvalue weighted by atomic mass is 15.2. The second kappa shape index (κ2) is 5.25. The molecule has 2 rings (SSSR count). The van der Waals surface area contributed by atoms with Crippen molar-refractivity contribution in [2.75, 3.05) is 26.2 Å². The van der Waals surface area contributed by atoms with E-state index < -0.39 is 0 Å². The van der Waals surface area contributed by atoms with Crippen molar-refractivity contribution in [3.63, 3.8) is 0 Å². The topological polar surface area (TPSA) is 44.0 Å². The molecule has 4 heteroatoms. The van der Waals surface area contributed by atoms with Crippen LogP contribution in [0.15, 0.2) is 6.20 Å². The zero-order valence-electron chi connectivity index (χ0n) is 13.0. The number of aromatic nitrogens is 2. The number of imidazole rings is 1. The molecule has 0 atom stereocenters. The van der Waals surface area contributed by atoms with Gasteiger partial charge in [0.1, 0.15) is 5.82 Å². The zero-order valence-corrected chi connectivity index (χ0v) is 13.0. The minimum Gasteiger partial charge on any atom is -0.345 e. The molecule has 0 amide bonds. The molecule has 0 aromatic carbocycles. The second-order valence-corrected chi connectivity index (χ2v) is 7.22. The van der Waals surface area contributed by atoms with Crippen molar-refractivity contribution in [1.29, 1.82) is 0 Å². The molecule has 1 saturated heterocycles. The van der Waals surface area contributed by atoms with Gasteiger partial charge in [-0.1, -0.05) is 20.8 Å². The Morgan fingerprint density at radius 1 is 1.16 bits per heavy atom. The van der Waals surface area contributed by atoms with Gasteiger partial charge in [0.2, 0.25) is 0 Å². The van der Waals surface area contributed by atoms with Gasteiger partial charge < -0.3 is 10.3 Å². The molecule has 0 radical (unpaired) electrons. The van der Waals surface area contributed by atoms with Crippen molar-refractivity contribution < 1.29 is 0 Å². The molecule has 0 saturated carbocycles. The number of nitrogens with zero attached hydrogens (tertiary/aromatic N) is 2. The number of piperazine rings is 1. The smallest absolute Gasteiger partial charge is 0.108 e. The highest BCUT2D eigenvalue weighted by Crippen LogP contribution is 2.23. The average molecular weight is 264 g/mol. The van der Waals surface area contributed by atoms with Crippen LogP contribution < -0.4 is 5.32 Å². The van der Waals surface area contributed by atoms with Gasteiger partial charge in [-0.3, -0.25) is 4.90 Å². The summed E-state index contributed by atoms with van der Waals surface area (Å²) < 4.78 is 0. The molecule has 2 N–H and O–H groups in total. The van der Waals surface area contributed by atoms with E-state index in [1.54, 1.807) is 0 Å². The third-order valence-electron chi connectivity index (χ3n) is 4.01. The Kier molecular flexibility index (Phi) is 4.02. The molecule has 1 aromatic heterocycles. The largest absolute Gasteiger partial charge is 0.345 e. The Morgan fingerprint density at radius 3 is 2.32 bits per heavy atom. The quantitative estimate of drug-likeness (QED) is 0.877. The van der Waals surface area contributed by atoms with Crippen LogP contribution in [-0.2, 0) is 11.8 Å². The third-order valence-corrected chi connectivity index (χ3v) is 4.01. The Morgan fingerprint density at radius 2 is 1.79 bits per heavy atom. The predicted molar refractivity (Wildman–Crippen MR) is 79.5 cm³/mol. The molecule has 0 unspecified atom stereocenters. The van der Waals surface area contributed by atoms with Gasteiger partial charge in [0.25, 0.3) is 0 Å². The van der Waals surface area contributed by atoms with E-state index in [1.165, 1.54) is 5.69 Å². The Bertz CT molecular complexity index is 408. The summed E-state index contributed by atoms with van der Waals surface area (Å²) in [5, 5.41) is 3.41. The number of aromatic amines is 1. The average Bonchev–Trinajstić information content (AvgIpc) is 2.78. The Labute approximate surface area is 117 Å². The minimum absolute atomic E-state index is 0.143. The molecular weight excluding hydrogens is 236 g/mol. The molecular formula is C15H28N4. The lowest BCUT2D eigenvalue weighted by Crippen LogP contribution is -2.54. The molecule has 1 aliphatic heterocycles. The molecule has 0 aliphatic carbocycles. The van der Waals surface area contributed by atoms with Crippen molar-refractivity contribution >= 4 is 0 Å². The van der Waals surface area contributed by atoms with Gasteiger partial charge in [-0.25, -0.2) is 4.98 Å². The van der Waals surface area contributed by atoms with Gasteiger partial charge in [-0.2, -0.15) is 0 Å². The number of H-pyrrole nitrogens is 1. The van der Waals surface area contributed by atoms with Crippen LogP contribution in [0.1, 0.15) is 46.1 Å². The number of hydrogen-bond acceptors (Lipinski definition) is 3. The van der Waals surface area contributed by atoms with Crippen molar-refractivity contribution in [3.05, 3.63) is 17.7 Å². The van der Waals surface area contributed by atoms with E-state index in [4.69, 9.17) is 0 Å². The lowest BCUT2D eigenvalue weighted by Gasteiger charge is -2.40. The Balaban J connectivity index is 2.05. The summed E-state index contributed by atoms with van der Waals surface area (Å²) in [5.74, 6) is 1.11. The van der Waals surface area contributed by atoms with Gasteiger partial charge in [0, 0.05) is 55.4 Å². The summed E-state index contributed by atoms with van der Waals surface area (Å²) in [5.41, 5.74) is 1.53. The van der Waals surface area contributed by atoms with Crippen LogP contribution in [0.25, 0.3) is 0 Å². The van der Waals surface area contributed by atoms with Crippen LogP contribution in [0.5, 0.6) is 0 Å². The molecule has 4 nitrogen and oxygen atoms in total. The molecule has 1 aromatic rings. The van der Waals surface area contributed by atoms with E-state index in [2.05, 4.69) is 54.8 Å². The lowest BCUT2D eigenvalue weighted by molar-refractivity contribution is 0.102. The fourth-order valence-electron chi connectivity index (χ4n) is 2.63. The summed E-state index contributed by atoms with van der Waals surface area (Å²) in [6, 6.07) is 0. The summed E-state index contributed by atoms with van der Waals surface area (Å²) >= 11 is 0. The van der Waals surface area contributed by atoms with Crippen LogP contribution in [0.4, 0.5) is 0 Å². The fourth-order valence-corrected chi connectivity index (χ4v) is 2.63. The van der Waals surface area contributed by atoms with Gasteiger partial charge in [-0.05, 0) is 13.8 Å². The van der Waals surface area contributed by atoms with Crippen LogP contribution >= 0.6 is 0 Å². The van der Waals surface area contributed by atoms with Gasteiger partial charge in [0.15, 0.2) is 0 Å². The van der Waals surface area contributed by atoms with E-state index in [-0.39, 0.29) is 11.0 Å². The van der Waals surface area contributed by atoms with Gasteiger partial charge in [0.05, 0.1) is 0 Å². The van der Waals surface area contributed by atoms with Crippen molar-refractivity contribution in [2.45, 2.75) is 52.0 Å². The normalized spacial score (nSPS) is 18.8. The maximum absolute atomic E-state index is 4.56. The molecule has 2 heterocycles. The first kappa shape index (κ1) is 14.5. The maximum atomic E-state index is 4.56. The van der Waals surface area contributed by atoms with Gasteiger partial charge >= 0.3 is 0 Å². The molecule has 108 valence electrons. The standard InChI is InChI=1S/C15H28N4/c1-14(2,3)12-11-17-13(18-12)10-15(4,5)19-8-6-16-7-9-19/h11,16H,6-10H2,1-5H3,(H,17,18). The van der Waals surface area contributed by atoms with Crippen molar-refractivity contribution in [2.24, 2.45) is 0 Å². The fraction of sp³-hybridized carbons (Fsp3) is 0.800. The number of hydrogen-bond donors (Lipinski definition) is 2. The van der Waals surface area contributed by atoms with Gasteiger partial charge in [-0.15, -0.1) is 0 Å². The van der Waals surface area contributed by atoms with Crippen molar-refractivity contribution in [1.82, 2.24) is 20.2 Å². The highest BCUT2D eigenvalue weighted by Gasteiger charge is 2.29. The lowest BCUT2D eigenvalue weighted by atomic mass is 9.93. The monoisotopic (exact) mass is 264 g/mol. The van der Waals surface area contributed by atoms with E-state index in [1.807, 2.05) is 6.20 Å². The third kappa shape index (κ3) is 3.57. The van der Waals surface area contributed by atoms with Crippen LogP contribution in [-0.4, -0.2) is 46.6 Å². The first-order chi connectivity index (χ1) is 8.79. The van der Waals surface area contributed by atoms with Crippen LogP contribution in [0.2, 0.25) is 0 Å². The first-order valence-electron chi connectivity index (χ1n) is 7.29.